The second-order valence-electron chi connectivity index (χ2n) is 14.5. The summed E-state index contributed by atoms with van der Waals surface area (Å²) >= 11 is 0. The minimum Gasteiger partial charge on any atom is -0.264 e. The molecule has 1 aliphatic carbocycles. The van der Waals surface area contributed by atoms with E-state index in [0.29, 0.717) is 5.82 Å². The van der Waals surface area contributed by atoms with Crippen LogP contribution in [-0.2, 0) is 5.41 Å². The van der Waals surface area contributed by atoms with Crippen molar-refractivity contribution in [1.29, 1.82) is 0 Å². The van der Waals surface area contributed by atoms with Crippen LogP contribution < -0.4 is 0 Å². The van der Waals surface area contributed by atoms with E-state index in [1.165, 1.54) is 49.5 Å². The van der Waals surface area contributed by atoms with Crippen molar-refractivity contribution in [2.24, 2.45) is 0 Å². The zero-order valence-corrected chi connectivity index (χ0v) is 29.6. The van der Waals surface area contributed by atoms with Crippen LogP contribution in [0.4, 0.5) is 0 Å². The van der Waals surface area contributed by atoms with Gasteiger partial charge in [0.05, 0.1) is 11.4 Å². The predicted octanol–water partition coefficient (Wildman–Crippen LogP) is 12.8. The SMILES string of the molecule is CC1(C)c2cc(-c3ccc(-c4cc(-c5ccc(-c6cccnc6)cc5)nc(-c5ccccc5)n4)c4ccccc34)ccc2-c2cc3ccccc3cc21. The second-order valence-corrected chi connectivity index (χ2v) is 14.5. The lowest BCUT2D eigenvalue weighted by Gasteiger charge is -2.22. The number of pyridine rings is 1. The largest absolute Gasteiger partial charge is 0.264 e. The summed E-state index contributed by atoms with van der Waals surface area (Å²) < 4.78 is 0. The third-order valence-electron chi connectivity index (χ3n) is 11.0. The first-order valence-electron chi connectivity index (χ1n) is 18.2. The van der Waals surface area contributed by atoms with Crippen molar-refractivity contribution in [2.45, 2.75) is 19.3 Å². The van der Waals surface area contributed by atoms with Gasteiger partial charge in [-0.2, -0.15) is 0 Å². The molecule has 0 unspecified atom stereocenters. The smallest absolute Gasteiger partial charge is 0.160 e. The Morgan fingerprint density at radius 2 is 1.00 bits per heavy atom. The molecule has 1 aliphatic rings. The molecule has 0 fully saturated rings. The highest BCUT2D eigenvalue weighted by Gasteiger charge is 2.36. The quantitative estimate of drug-likeness (QED) is 0.182. The van der Waals surface area contributed by atoms with E-state index in [1.807, 2.05) is 30.5 Å². The first-order valence-corrected chi connectivity index (χ1v) is 18.2. The average molecular weight is 678 g/mol. The molecule has 53 heavy (non-hydrogen) atoms. The van der Waals surface area contributed by atoms with Gasteiger partial charge in [0.15, 0.2) is 5.82 Å². The summed E-state index contributed by atoms with van der Waals surface area (Å²) in [5, 5.41) is 4.94. The lowest BCUT2D eigenvalue weighted by Crippen LogP contribution is -2.15. The molecular formula is C50H35N3. The van der Waals surface area contributed by atoms with Gasteiger partial charge < -0.3 is 0 Å². The number of rotatable bonds is 5. The van der Waals surface area contributed by atoms with Crippen LogP contribution in [0.5, 0.6) is 0 Å². The molecule has 0 radical (unpaired) electrons. The van der Waals surface area contributed by atoms with E-state index in [9.17, 15) is 0 Å². The van der Waals surface area contributed by atoms with Crippen LogP contribution in [0.1, 0.15) is 25.0 Å². The highest BCUT2D eigenvalue weighted by atomic mass is 14.9. The standard InChI is InChI=1S/C50H35N3/c1-50(2)45-29-37(22-23-42(45)44-27-35-13-6-7-14-36(35)28-46(44)50)39-24-25-43(41-17-9-8-16-40(39)41)48-30-47(52-49(53-48)34-11-4-3-5-12-34)33-20-18-32(19-21-33)38-15-10-26-51-31-38/h3-31H,1-2H3. The minimum absolute atomic E-state index is 0.109. The number of hydrogen-bond donors (Lipinski definition) is 0. The van der Waals surface area contributed by atoms with Gasteiger partial charge >= 0.3 is 0 Å². The van der Waals surface area contributed by atoms with E-state index in [2.05, 4.69) is 158 Å². The fraction of sp³-hybridized carbons (Fsp3) is 0.0600. The summed E-state index contributed by atoms with van der Waals surface area (Å²) in [6.45, 7) is 4.72. The first-order chi connectivity index (χ1) is 26.0. The zero-order valence-electron chi connectivity index (χ0n) is 29.6. The monoisotopic (exact) mass is 677 g/mol. The highest BCUT2D eigenvalue weighted by molar-refractivity contribution is 6.05. The van der Waals surface area contributed by atoms with Crippen molar-refractivity contribution < 1.29 is 0 Å². The van der Waals surface area contributed by atoms with Crippen LogP contribution in [0.2, 0.25) is 0 Å². The molecule has 2 heterocycles. The molecule has 2 aromatic heterocycles. The van der Waals surface area contributed by atoms with E-state index < -0.39 is 0 Å². The van der Waals surface area contributed by atoms with Crippen molar-refractivity contribution >= 4 is 21.5 Å². The van der Waals surface area contributed by atoms with Crippen molar-refractivity contribution in [2.75, 3.05) is 0 Å². The third-order valence-corrected chi connectivity index (χ3v) is 11.0. The molecule has 0 aliphatic heterocycles. The molecule has 0 amide bonds. The molecule has 3 nitrogen and oxygen atoms in total. The Balaban J connectivity index is 1.10. The van der Waals surface area contributed by atoms with E-state index >= 15 is 0 Å². The van der Waals surface area contributed by atoms with E-state index in [-0.39, 0.29) is 5.41 Å². The Morgan fingerprint density at radius 3 is 1.77 bits per heavy atom. The molecule has 0 N–H and O–H groups in total. The maximum atomic E-state index is 5.21. The normalized spacial score (nSPS) is 12.9. The molecular weight excluding hydrogens is 643 g/mol. The van der Waals surface area contributed by atoms with Gasteiger partial charge in [-0.05, 0) is 96.4 Å². The number of nitrogens with zero attached hydrogens (tertiary/aromatic N) is 3. The van der Waals surface area contributed by atoms with Gasteiger partial charge in [0.1, 0.15) is 0 Å². The van der Waals surface area contributed by atoms with Crippen molar-refractivity contribution in [3.05, 3.63) is 187 Å². The summed E-state index contributed by atoms with van der Waals surface area (Å²) in [6.07, 6.45) is 3.69. The lowest BCUT2D eigenvalue weighted by atomic mass is 9.81. The Labute approximate surface area is 309 Å². The van der Waals surface area contributed by atoms with Gasteiger partial charge in [0, 0.05) is 34.5 Å². The van der Waals surface area contributed by atoms with Crippen LogP contribution in [-0.4, -0.2) is 15.0 Å². The third kappa shape index (κ3) is 5.24. The van der Waals surface area contributed by atoms with Crippen LogP contribution in [0.15, 0.2) is 176 Å². The molecule has 250 valence electrons. The maximum Gasteiger partial charge on any atom is 0.160 e. The number of benzene rings is 7. The molecule has 3 heteroatoms. The Bertz CT molecular complexity index is 2840. The number of aromatic nitrogens is 3. The van der Waals surface area contributed by atoms with Gasteiger partial charge in [-0.3, -0.25) is 4.98 Å². The predicted molar refractivity (Wildman–Crippen MR) is 220 cm³/mol. The first kappa shape index (κ1) is 31.1. The molecule has 0 saturated heterocycles. The summed E-state index contributed by atoms with van der Waals surface area (Å²) in [6, 6.07) is 58.7. The maximum absolute atomic E-state index is 5.21. The fourth-order valence-corrected chi connectivity index (χ4v) is 8.18. The average Bonchev–Trinajstić information content (AvgIpc) is 3.44. The summed E-state index contributed by atoms with van der Waals surface area (Å²) in [5.74, 6) is 0.704. The molecule has 7 aromatic carbocycles. The Morgan fingerprint density at radius 1 is 0.396 bits per heavy atom. The second kappa shape index (κ2) is 12.2. The fourth-order valence-electron chi connectivity index (χ4n) is 8.18. The molecule has 0 atom stereocenters. The summed E-state index contributed by atoms with van der Waals surface area (Å²) in [5.41, 5.74) is 14.8. The van der Waals surface area contributed by atoms with Gasteiger partial charge in [-0.25, -0.2) is 9.97 Å². The van der Waals surface area contributed by atoms with E-state index in [4.69, 9.17) is 9.97 Å². The molecule has 10 rings (SSSR count). The van der Waals surface area contributed by atoms with Crippen LogP contribution >= 0.6 is 0 Å². The van der Waals surface area contributed by atoms with Crippen LogP contribution in [0.3, 0.4) is 0 Å². The van der Waals surface area contributed by atoms with Crippen molar-refractivity contribution in [3.8, 4) is 67.3 Å². The molecule has 0 spiro atoms. The lowest BCUT2D eigenvalue weighted by molar-refractivity contribution is 0.661. The van der Waals surface area contributed by atoms with Crippen molar-refractivity contribution in [1.82, 2.24) is 15.0 Å². The molecule has 0 bridgehead atoms. The minimum atomic E-state index is -0.109. The Hall–Kier alpha value is -6.71. The van der Waals surface area contributed by atoms with Gasteiger partial charge in [0.25, 0.3) is 0 Å². The highest BCUT2D eigenvalue weighted by Crippen LogP contribution is 2.51. The topological polar surface area (TPSA) is 38.7 Å². The van der Waals surface area contributed by atoms with E-state index in [0.717, 1.165) is 44.6 Å². The van der Waals surface area contributed by atoms with Crippen LogP contribution in [0, 0.1) is 0 Å². The summed E-state index contributed by atoms with van der Waals surface area (Å²) in [4.78, 5) is 14.6. The van der Waals surface area contributed by atoms with Gasteiger partial charge in [0.2, 0.25) is 0 Å². The van der Waals surface area contributed by atoms with Crippen LogP contribution in [0.25, 0.3) is 88.8 Å². The molecule has 0 saturated carbocycles. The number of hydrogen-bond acceptors (Lipinski definition) is 3. The number of fused-ring (bicyclic) bond motifs is 5. The van der Waals surface area contributed by atoms with Crippen molar-refractivity contribution in [3.63, 3.8) is 0 Å². The molecule has 9 aromatic rings. The Kier molecular flexibility index (Phi) is 7.16. The zero-order chi connectivity index (χ0) is 35.5. The van der Waals surface area contributed by atoms with Gasteiger partial charge in [-0.15, -0.1) is 0 Å². The van der Waals surface area contributed by atoms with E-state index in [1.54, 1.807) is 6.20 Å². The van der Waals surface area contributed by atoms with Gasteiger partial charge in [-0.1, -0.05) is 147 Å². The summed E-state index contributed by atoms with van der Waals surface area (Å²) in [7, 11) is 0.